The van der Waals surface area contributed by atoms with E-state index in [1.54, 1.807) is 11.9 Å². The molecule has 0 fully saturated rings. The predicted molar refractivity (Wildman–Crippen MR) is 128 cm³/mol. The molecule has 0 spiro atoms. The molecular weight excluding hydrogens is 444 g/mol. The summed E-state index contributed by atoms with van der Waals surface area (Å²) in [5.41, 5.74) is 3.11. The monoisotopic (exact) mass is 466 g/mol. The predicted octanol–water partition coefficient (Wildman–Crippen LogP) is 5.45. The summed E-state index contributed by atoms with van der Waals surface area (Å²) in [6.07, 6.45) is 0. The molecule has 0 atom stereocenters. The van der Waals surface area contributed by atoms with E-state index < -0.39 is 0 Å². The zero-order valence-electron chi connectivity index (χ0n) is 18.1. The van der Waals surface area contributed by atoms with Crippen molar-refractivity contribution in [3.8, 4) is 22.7 Å². The normalized spacial score (nSPS) is 11.0. The van der Waals surface area contributed by atoms with E-state index in [1.165, 1.54) is 11.8 Å². The third-order valence-electron chi connectivity index (χ3n) is 5.05. The molecule has 0 saturated carbocycles. The van der Waals surface area contributed by atoms with Gasteiger partial charge in [-0.1, -0.05) is 47.1 Å². The molecule has 32 heavy (non-hydrogen) atoms. The van der Waals surface area contributed by atoms with Crippen molar-refractivity contribution in [3.63, 3.8) is 0 Å². The average Bonchev–Trinajstić information content (AvgIpc) is 3.39. The molecule has 0 saturated heterocycles. The molecule has 164 valence electrons. The molecule has 2 aromatic carbocycles. The van der Waals surface area contributed by atoms with Crippen LogP contribution in [0, 0.1) is 6.92 Å². The lowest BCUT2D eigenvalue weighted by molar-refractivity contribution is -0.127. The minimum atomic E-state index is -0.0143. The summed E-state index contributed by atoms with van der Waals surface area (Å²) >= 11 is 7.32. The van der Waals surface area contributed by atoms with Crippen LogP contribution in [0.25, 0.3) is 22.7 Å². The third kappa shape index (κ3) is 5.06. The lowest BCUT2D eigenvalue weighted by Gasteiger charge is -2.15. The van der Waals surface area contributed by atoms with Crippen molar-refractivity contribution in [1.82, 2.24) is 19.7 Å². The van der Waals surface area contributed by atoms with Crippen LogP contribution >= 0.6 is 23.4 Å². The molecule has 8 heteroatoms. The minimum Gasteiger partial charge on any atom is -0.459 e. The van der Waals surface area contributed by atoms with Crippen LogP contribution in [0.4, 0.5) is 0 Å². The Morgan fingerprint density at radius 3 is 2.62 bits per heavy atom. The number of rotatable bonds is 7. The van der Waals surface area contributed by atoms with Gasteiger partial charge in [0.05, 0.1) is 12.3 Å². The van der Waals surface area contributed by atoms with Crippen LogP contribution in [0.5, 0.6) is 0 Å². The molecule has 0 bridgehead atoms. The van der Waals surface area contributed by atoms with Crippen LogP contribution in [0.2, 0.25) is 5.02 Å². The quantitative estimate of drug-likeness (QED) is 0.338. The lowest BCUT2D eigenvalue weighted by Crippen LogP contribution is -2.27. The van der Waals surface area contributed by atoms with Crippen LogP contribution in [-0.2, 0) is 18.4 Å². The number of furan rings is 1. The Labute approximate surface area is 196 Å². The van der Waals surface area contributed by atoms with Gasteiger partial charge in [0.2, 0.25) is 5.91 Å². The van der Waals surface area contributed by atoms with Gasteiger partial charge in [-0.25, -0.2) is 0 Å². The zero-order chi connectivity index (χ0) is 22.7. The highest BCUT2D eigenvalue weighted by atomic mass is 35.5. The van der Waals surface area contributed by atoms with Gasteiger partial charge in [-0.2, -0.15) is 0 Å². The highest BCUT2D eigenvalue weighted by Crippen LogP contribution is 2.25. The Bertz CT molecular complexity index is 1230. The van der Waals surface area contributed by atoms with E-state index in [1.807, 2.05) is 73.1 Å². The number of aromatic nitrogens is 3. The number of hydrogen-bond donors (Lipinski definition) is 0. The smallest absolute Gasteiger partial charge is 0.233 e. The molecule has 6 nitrogen and oxygen atoms in total. The first-order valence-electron chi connectivity index (χ1n) is 10.1. The van der Waals surface area contributed by atoms with Gasteiger partial charge in [0.25, 0.3) is 0 Å². The van der Waals surface area contributed by atoms with Crippen LogP contribution in [0.1, 0.15) is 11.3 Å². The number of carbonyl (C=O) groups excluding carboxylic acids is 1. The van der Waals surface area contributed by atoms with Gasteiger partial charge in [0.15, 0.2) is 11.0 Å². The summed E-state index contributed by atoms with van der Waals surface area (Å²) in [6, 6.07) is 19.4. The molecule has 4 rings (SSSR count). The van der Waals surface area contributed by atoms with Gasteiger partial charge in [0, 0.05) is 30.2 Å². The van der Waals surface area contributed by atoms with E-state index in [-0.39, 0.29) is 11.7 Å². The standard InChI is InChI=1S/C24H23ClN4O2S/c1-16-5-4-6-18(13-16)23-26-27-24(29(23)3)32-15-22(30)28(2)14-20-11-12-21(31-20)17-7-9-19(25)10-8-17/h4-13H,14-15H2,1-3H3. The second-order valence-electron chi connectivity index (χ2n) is 7.55. The number of benzene rings is 2. The third-order valence-corrected chi connectivity index (χ3v) is 6.30. The Morgan fingerprint density at radius 1 is 1.09 bits per heavy atom. The van der Waals surface area contributed by atoms with Gasteiger partial charge in [-0.15, -0.1) is 10.2 Å². The topological polar surface area (TPSA) is 64.2 Å². The summed E-state index contributed by atoms with van der Waals surface area (Å²) < 4.78 is 7.82. The fourth-order valence-electron chi connectivity index (χ4n) is 3.27. The van der Waals surface area contributed by atoms with Crippen LogP contribution < -0.4 is 0 Å². The molecule has 4 aromatic rings. The van der Waals surface area contributed by atoms with Crippen molar-refractivity contribution in [2.24, 2.45) is 7.05 Å². The SMILES string of the molecule is Cc1cccc(-c2nnc(SCC(=O)N(C)Cc3ccc(-c4ccc(Cl)cc4)o3)n2C)c1. The average molecular weight is 467 g/mol. The van der Waals surface area contributed by atoms with E-state index in [0.717, 1.165) is 34.0 Å². The maximum atomic E-state index is 12.7. The molecule has 0 unspecified atom stereocenters. The number of thioether (sulfide) groups is 1. The molecule has 1 amide bonds. The Hall–Kier alpha value is -3.03. The van der Waals surface area contributed by atoms with Gasteiger partial charge >= 0.3 is 0 Å². The summed E-state index contributed by atoms with van der Waals surface area (Å²) in [7, 11) is 3.68. The first-order chi connectivity index (χ1) is 15.4. The van der Waals surface area contributed by atoms with Crippen molar-refractivity contribution < 1.29 is 9.21 Å². The first kappa shape index (κ1) is 22.2. The Balaban J connectivity index is 1.35. The second-order valence-corrected chi connectivity index (χ2v) is 8.92. The first-order valence-corrected chi connectivity index (χ1v) is 11.4. The number of aryl methyl sites for hydroxylation is 1. The van der Waals surface area contributed by atoms with Crippen molar-refractivity contribution in [2.45, 2.75) is 18.6 Å². The van der Waals surface area contributed by atoms with Gasteiger partial charge in [-0.05, 0) is 49.4 Å². The van der Waals surface area contributed by atoms with Crippen molar-refractivity contribution >= 4 is 29.3 Å². The fourth-order valence-corrected chi connectivity index (χ4v) is 4.24. The summed E-state index contributed by atoms with van der Waals surface area (Å²) in [5.74, 6) is 2.49. The number of amides is 1. The number of hydrogen-bond acceptors (Lipinski definition) is 5. The van der Waals surface area contributed by atoms with E-state index in [2.05, 4.69) is 16.3 Å². The molecular formula is C24H23ClN4O2S. The molecule has 0 aliphatic carbocycles. The van der Waals surface area contributed by atoms with E-state index in [4.69, 9.17) is 16.0 Å². The van der Waals surface area contributed by atoms with E-state index in [0.29, 0.717) is 16.7 Å². The van der Waals surface area contributed by atoms with Crippen molar-refractivity contribution in [3.05, 3.63) is 77.0 Å². The van der Waals surface area contributed by atoms with E-state index >= 15 is 0 Å². The largest absolute Gasteiger partial charge is 0.459 e. The molecule has 2 heterocycles. The maximum Gasteiger partial charge on any atom is 0.233 e. The number of halogens is 1. The summed E-state index contributed by atoms with van der Waals surface area (Å²) in [6.45, 7) is 2.43. The zero-order valence-corrected chi connectivity index (χ0v) is 19.7. The van der Waals surface area contributed by atoms with Crippen LogP contribution in [0.3, 0.4) is 0 Å². The second kappa shape index (κ2) is 9.63. The Morgan fingerprint density at radius 2 is 1.88 bits per heavy atom. The number of nitrogens with zero attached hydrogens (tertiary/aromatic N) is 4. The van der Waals surface area contributed by atoms with Crippen molar-refractivity contribution in [2.75, 3.05) is 12.8 Å². The molecule has 2 aromatic heterocycles. The summed E-state index contributed by atoms with van der Waals surface area (Å²) in [4.78, 5) is 14.3. The summed E-state index contributed by atoms with van der Waals surface area (Å²) in [5, 5.41) is 9.93. The molecule has 0 aliphatic rings. The number of carbonyl (C=O) groups is 1. The highest BCUT2D eigenvalue weighted by molar-refractivity contribution is 7.99. The van der Waals surface area contributed by atoms with Gasteiger partial charge in [0.1, 0.15) is 11.5 Å². The molecule has 0 aliphatic heterocycles. The Kier molecular flexibility index (Phi) is 6.67. The van der Waals surface area contributed by atoms with E-state index in [9.17, 15) is 4.79 Å². The molecule has 0 N–H and O–H groups in total. The van der Waals surface area contributed by atoms with Gasteiger partial charge < -0.3 is 13.9 Å². The lowest BCUT2D eigenvalue weighted by atomic mass is 10.1. The van der Waals surface area contributed by atoms with Crippen molar-refractivity contribution in [1.29, 1.82) is 0 Å². The fraction of sp³-hybridized carbons (Fsp3) is 0.208. The van der Waals surface area contributed by atoms with Crippen LogP contribution in [0.15, 0.2) is 70.2 Å². The van der Waals surface area contributed by atoms with Crippen LogP contribution in [-0.4, -0.2) is 38.4 Å². The maximum absolute atomic E-state index is 12.7. The highest BCUT2D eigenvalue weighted by Gasteiger charge is 2.16. The molecule has 0 radical (unpaired) electrons. The van der Waals surface area contributed by atoms with Gasteiger partial charge in [-0.3, -0.25) is 4.79 Å². The minimum absolute atomic E-state index is 0.0143.